The number of pyridine rings is 1. The lowest BCUT2D eigenvalue weighted by Gasteiger charge is -2.08. The van der Waals surface area contributed by atoms with Gasteiger partial charge in [-0.3, -0.25) is 4.98 Å². The lowest BCUT2D eigenvalue weighted by Crippen LogP contribution is -2.17. The van der Waals surface area contributed by atoms with E-state index in [-0.39, 0.29) is 5.75 Å². The number of benzene rings is 1. The summed E-state index contributed by atoms with van der Waals surface area (Å²) in [6, 6.07) is 9.36. The summed E-state index contributed by atoms with van der Waals surface area (Å²) in [6.45, 7) is 0. The lowest BCUT2D eigenvalue weighted by atomic mass is 10.1. The highest BCUT2D eigenvalue weighted by atomic mass is 32.1. The molecule has 0 bridgehead atoms. The van der Waals surface area contributed by atoms with Crippen LogP contribution in [0, 0.1) is 0 Å². The Bertz CT molecular complexity index is 1030. The Labute approximate surface area is 148 Å². The first-order valence-corrected chi connectivity index (χ1v) is 8.26. The largest absolute Gasteiger partial charge is 0.573 e. The van der Waals surface area contributed by atoms with Gasteiger partial charge in [0, 0.05) is 24.4 Å². The van der Waals surface area contributed by atoms with Crippen molar-refractivity contribution >= 4 is 16.3 Å². The molecule has 10 heteroatoms. The summed E-state index contributed by atoms with van der Waals surface area (Å²) in [5, 5.41) is 13.5. The van der Waals surface area contributed by atoms with Crippen LogP contribution in [0.25, 0.3) is 15.5 Å². The van der Waals surface area contributed by atoms with E-state index in [1.54, 1.807) is 29.0 Å². The number of aromatic nitrogens is 5. The topological polar surface area (TPSA) is 65.2 Å². The fourth-order valence-electron chi connectivity index (χ4n) is 2.37. The van der Waals surface area contributed by atoms with Crippen molar-refractivity contribution in [3.05, 3.63) is 60.2 Å². The maximum atomic E-state index is 12.2. The molecule has 0 unspecified atom stereocenters. The van der Waals surface area contributed by atoms with Gasteiger partial charge in [-0.1, -0.05) is 23.5 Å². The number of ether oxygens (including phenoxy) is 1. The zero-order valence-corrected chi connectivity index (χ0v) is 13.8. The fourth-order valence-corrected chi connectivity index (χ4v) is 3.21. The van der Waals surface area contributed by atoms with Crippen LogP contribution in [0.2, 0.25) is 0 Å². The molecule has 0 aliphatic rings. The average molecular weight is 377 g/mol. The third-order valence-electron chi connectivity index (χ3n) is 3.48. The molecule has 3 heterocycles. The van der Waals surface area contributed by atoms with Gasteiger partial charge in [-0.2, -0.15) is 9.61 Å². The molecule has 0 amide bonds. The van der Waals surface area contributed by atoms with Crippen LogP contribution < -0.4 is 4.74 Å². The maximum absolute atomic E-state index is 12.2. The Hall–Kier alpha value is -3.01. The van der Waals surface area contributed by atoms with Gasteiger partial charge in [0.1, 0.15) is 10.8 Å². The zero-order valence-electron chi connectivity index (χ0n) is 13.0. The number of hydrogen-bond donors (Lipinski definition) is 0. The minimum atomic E-state index is -4.70. The molecule has 132 valence electrons. The molecule has 26 heavy (non-hydrogen) atoms. The van der Waals surface area contributed by atoms with Crippen LogP contribution in [-0.2, 0) is 6.42 Å². The van der Waals surface area contributed by atoms with Crippen LogP contribution in [0.15, 0.2) is 48.8 Å². The Morgan fingerprint density at radius 3 is 2.58 bits per heavy atom. The van der Waals surface area contributed by atoms with Gasteiger partial charge in [-0.05, 0) is 29.8 Å². The maximum Gasteiger partial charge on any atom is 0.573 e. The minimum absolute atomic E-state index is 0.264. The third-order valence-corrected chi connectivity index (χ3v) is 4.43. The minimum Gasteiger partial charge on any atom is -0.406 e. The van der Waals surface area contributed by atoms with E-state index in [4.69, 9.17) is 0 Å². The van der Waals surface area contributed by atoms with Gasteiger partial charge in [0.25, 0.3) is 0 Å². The van der Waals surface area contributed by atoms with E-state index in [0.29, 0.717) is 17.2 Å². The van der Waals surface area contributed by atoms with Gasteiger partial charge in [0.15, 0.2) is 5.82 Å². The summed E-state index contributed by atoms with van der Waals surface area (Å²) < 4.78 is 42.1. The molecule has 0 spiro atoms. The molecule has 0 fully saturated rings. The van der Waals surface area contributed by atoms with Crippen LogP contribution in [0.4, 0.5) is 13.2 Å². The highest BCUT2D eigenvalue weighted by Gasteiger charge is 2.30. The van der Waals surface area contributed by atoms with Crippen molar-refractivity contribution in [1.29, 1.82) is 0 Å². The quantitative estimate of drug-likeness (QED) is 0.542. The van der Waals surface area contributed by atoms with Crippen LogP contribution in [0.5, 0.6) is 5.75 Å². The number of halogens is 3. The second kappa shape index (κ2) is 6.37. The lowest BCUT2D eigenvalue weighted by molar-refractivity contribution is -0.274. The average Bonchev–Trinajstić information content (AvgIpc) is 3.18. The Morgan fingerprint density at radius 1 is 1.08 bits per heavy atom. The third kappa shape index (κ3) is 3.49. The summed E-state index contributed by atoms with van der Waals surface area (Å²) in [4.78, 5) is 4.70. The highest BCUT2D eigenvalue weighted by Crippen LogP contribution is 2.26. The predicted octanol–water partition coefficient (Wildman–Crippen LogP) is 3.74. The van der Waals surface area contributed by atoms with Crippen molar-refractivity contribution in [2.24, 2.45) is 0 Å². The molecule has 1 aromatic carbocycles. The van der Waals surface area contributed by atoms with Gasteiger partial charge in [-0.15, -0.1) is 23.4 Å². The van der Waals surface area contributed by atoms with E-state index in [9.17, 15) is 13.2 Å². The smallest absolute Gasteiger partial charge is 0.406 e. The first-order chi connectivity index (χ1) is 12.5. The second-order valence-corrected chi connectivity index (χ2v) is 6.28. The summed E-state index contributed by atoms with van der Waals surface area (Å²) in [5.74, 6) is 0.330. The second-order valence-electron chi connectivity index (χ2n) is 5.33. The van der Waals surface area contributed by atoms with Gasteiger partial charge in [-0.25, -0.2) is 0 Å². The van der Waals surface area contributed by atoms with Crippen LogP contribution in [-0.4, -0.2) is 31.2 Å². The number of hydrogen-bond acceptors (Lipinski definition) is 6. The van der Waals surface area contributed by atoms with Gasteiger partial charge < -0.3 is 4.74 Å². The van der Waals surface area contributed by atoms with Gasteiger partial charge in [0.05, 0.1) is 0 Å². The molecular weight excluding hydrogens is 367 g/mol. The molecule has 0 saturated carbocycles. The molecule has 0 radical (unpaired) electrons. The van der Waals surface area contributed by atoms with Crippen molar-refractivity contribution in [2.45, 2.75) is 12.8 Å². The van der Waals surface area contributed by atoms with Crippen LogP contribution in [0.3, 0.4) is 0 Å². The summed E-state index contributed by atoms with van der Waals surface area (Å²) in [6.07, 6.45) is -0.931. The molecule has 3 aromatic heterocycles. The van der Waals surface area contributed by atoms with Crippen molar-refractivity contribution < 1.29 is 17.9 Å². The number of nitrogens with zero attached hydrogens (tertiary/aromatic N) is 5. The van der Waals surface area contributed by atoms with Gasteiger partial charge in [0.2, 0.25) is 4.96 Å². The van der Waals surface area contributed by atoms with Gasteiger partial charge >= 0.3 is 6.36 Å². The molecule has 0 saturated heterocycles. The van der Waals surface area contributed by atoms with E-state index >= 15 is 0 Å². The van der Waals surface area contributed by atoms with Crippen LogP contribution in [0.1, 0.15) is 11.4 Å². The standard InChI is InChI=1S/C16H10F3N5OS/c17-16(18,19)25-12-5-3-10(4-6-12)8-13-21-22-15-24(13)23-14(26-15)11-2-1-7-20-9-11/h1-7,9H,8H2. The Kier molecular flexibility index (Phi) is 4.03. The van der Waals surface area contributed by atoms with Crippen LogP contribution >= 0.6 is 11.3 Å². The fraction of sp³-hybridized carbons (Fsp3) is 0.125. The van der Waals surface area contributed by atoms with E-state index < -0.39 is 6.36 Å². The normalized spacial score (nSPS) is 11.8. The molecule has 0 aliphatic carbocycles. The molecular formula is C16H10F3N5OS. The highest BCUT2D eigenvalue weighted by molar-refractivity contribution is 7.19. The summed E-state index contributed by atoms with van der Waals surface area (Å²) in [7, 11) is 0. The first-order valence-electron chi connectivity index (χ1n) is 7.44. The van der Waals surface area contributed by atoms with E-state index in [1.807, 2.05) is 12.1 Å². The molecule has 6 nitrogen and oxygen atoms in total. The summed E-state index contributed by atoms with van der Waals surface area (Å²) in [5.41, 5.74) is 1.65. The summed E-state index contributed by atoms with van der Waals surface area (Å²) >= 11 is 1.38. The van der Waals surface area contributed by atoms with E-state index in [2.05, 4.69) is 25.0 Å². The zero-order chi connectivity index (χ0) is 18.1. The molecule has 0 aliphatic heterocycles. The molecule has 4 rings (SSSR count). The molecule has 4 aromatic rings. The van der Waals surface area contributed by atoms with E-state index in [0.717, 1.165) is 16.1 Å². The number of alkyl halides is 3. The number of rotatable bonds is 4. The van der Waals surface area contributed by atoms with Crippen molar-refractivity contribution in [2.75, 3.05) is 0 Å². The molecule has 0 atom stereocenters. The Balaban J connectivity index is 1.57. The Morgan fingerprint density at radius 2 is 1.88 bits per heavy atom. The van der Waals surface area contributed by atoms with E-state index in [1.165, 1.54) is 23.5 Å². The first kappa shape index (κ1) is 16.5. The SMILES string of the molecule is FC(F)(F)Oc1ccc(Cc2nnc3sc(-c4cccnc4)nn23)cc1. The predicted molar refractivity (Wildman–Crippen MR) is 87.8 cm³/mol. The van der Waals surface area contributed by atoms with Crippen molar-refractivity contribution in [3.8, 4) is 16.3 Å². The van der Waals surface area contributed by atoms with Crippen molar-refractivity contribution in [1.82, 2.24) is 24.8 Å². The van der Waals surface area contributed by atoms with Crippen molar-refractivity contribution in [3.63, 3.8) is 0 Å². The monoisotopic (exact) mass is 377 g/mol. The molecule has 0 N–H and O–H groups in total. The number of fused-ring (bicyclic) bond motifs is 1.